The summed E-state index contributed by atoms with van der Waals surface area (Å²) >= 11 is 3.59. The lowest BCUT2D eigenvalue weighted by Gasteiger charge is -2.46. The number of hydrogen-bond acceptors (Lipinski definition) is 16. The first kappa shape index (κ1) is 49.4. The maximum atomic E-state index is 13.8. The average molecular weight is 1060 g/mol. The number of benzene rings is 3. The first-order valence-corrected chi connectivity index (χ1v) is 28.0. The van der Waals surface area contributed by atoms with Crippen LogP contribution in [0.1, 0.15) is 73.2 Å². The van der Waals surface area contributed by atoms with Gasteiger partial charge in [-0.15, -0.1) is 0 Å². The molecule has 3 saturated heterocycles. The normalized spacial score (nSPS) is 21.9. The van der Waals surface area contributed by atoms with E-state index in [0.29, 0.717) is 74.3 Å². The lowest BCUT2D eigenvalue weighted by molar-refractivity contribution is -0.141. The highest BCUT2D eigenvalue weighted by Gasteiger charge is 2.45. The van der Waals surface area contributed by atoms with Crippen LogP contribution in [0.15, 0.2) is 65.5 Å². The zero-order valence-electron chi connectivity index (χ0n) is 41.1. The number of fused-ring (bicyclic) bond motifs is 2. The van der Waals surface area contributed by atoms with Crippen LogP contribution >= 0.6 is 23.1 Å². The minimum Gasteiger partial charge on any atom is -0.494 e. The van der Waals surface area contributed by atoms with Gasteiger partial charge in [0.25, 0.3) is 5.91 Å². The molecule has 19 nitrogen and oxygen atoms in total. The number of anilines is 6. The molecule has 1 aliphatic carbocycles. The Hall–Kier alpha value is -6.21. The minimum absolute atomic E-state index is 0.0510. The highest BCUT2D eigenvalue weighted by molar-refractivity contribution is 9.10. The largest absolute Gasteiger partial charge is 0.494 e. The topological polar surface area (TPSA) is 219 Å². The lowest BCUT2D eigenvalue weighted by Crippen LogP contribution is -2.57. The molecule has 1 saturated carbocycles. The summed E-state index contributed by atoms with van der Waals surface area (Å²) in [7, 11) is 0.841. The maximum Gasteiger partial charge on any atom is 0.257 e. The van der Waals surface area contributed by atoms with Crippen LogP contribution in [0.25, 0.3) is 11.0 Å². The second-order valence-electron chi connectivity index (χ2n) is 19.7. The summed E-state index contributed by atoms with van der Waals surface area (Å²) in [5, 5.41) is 20.8. The fourth-order valence-electron chi connectivity index (χ4n) is 11.1. The summed E-state index contributed by atoms with van der Waals surface area (Å²) < 4.78 is 20.1. The van der Waals surface area contributed by atoms with E-state index in [9.17, 15) is 28.8 Å². The highest BCUT2D eigenvalue weighted by atomic mass is 79.9. The highest BCUT2D eigenvalue weighted by Crippen LogP contribution is 2.43. The molecule has 21 heteroatoms. The van der Waals surface area contributed by atoms with Gasteiger partial charge in [0, 0.05) is 118 Å². The minimum atomic E-state index is -2.79. The number of piperidine rings is 2. The van der Waals surface area contributed by atoms with E-state index >= 15 is 0 Å². The van der Waals surface area contributed by atoms with Crippen LogP contribution in [0.3, 0.4) is 0 Å². The smallest absolute Gasteiger partial charge is 0.257 e. The maximum absolute atomic E-state index is 13.8. The van der Waals surface area contributed by atoms with Gasteiger partial charge in [-0.3, -0.25) is 44.3 Å². The summed E-state index contributed by atoms with van der Waals surface area (Å²) in [6.07, 6.45) is 8.16. The zero-order valence-corrected chi connectivity index (χ0v) is 43.6. The number of hydrogen-bond donors (Lipinski definition) is 4. The molecule has 3 aromatic carbocycles. The van der Waals surface area contributed by atoms with Crippen molar-refractivity contribution >= 4 is 97.6 Å². The number of ether oxygens (including phenoxy) is 1. The summed E-state index contributed by atoms with van der Waals surface area (Å²) in [5.74, 6) is 0.294. The molecule has 5 aliphatic rings. The van der Waals surface area contributed by atoms with Gasteiger partial charge in [-0.05, 0) is 110 Å². The molecule has 4 aliphatic heterocycles. The number of halogens is 1. The Morgan fingerprint density at radius 3 is 2.40 bits per heavy atom. The number of aliphatic hydroxyl groups excluding tert-OH is 1. The summed E-state index contributed by atoms with van der Waals surface area (Å²) in [5.41, 5.74) is 6.55. The fourth-order valence-corrected chi connectivity index (χ4v) is 12.8. The van der Waals surface area contributed by atoms with Crippen molar-refractivity contribution in [1.29, 1.82) is 0 Å². The second kappa shape index (κ2) is 20.0. The monoisotopic (exact) mass is 1060 g/mol. The van der Waals surface area contributed by atoms with E-state index in [1.54, 1.807) is 51.2 Å². The van der Waals surface area contributed by atoms with Crippen LogP contribution in [0, 0.1) is 5.92 Å². The lowest BCUT2D eigenvalue weighted by atomic mass is 9.78. The molecule has 5 aromatic rings. The van der Waals surface area contributed by atoms with E-state index < -0.39 is 31.2 Å². The number of aryl methyl sites for hydroxylation is 1. The van der Waals surface area contributed by atoms with E-state index in [-0.39, 0.29) is 36.6 Å². The van der Waals surface area contributed by atoms with Crippen molar-refractivity contribution in [2.24, 2.45) is 5.92 Å². The molecule has 6 heterocycles. The van der Waals surface area contributed by atoms with Crippen LogP contribution < -0.4 is 35.8 Å². The van der Waals surface area contributed by atoms with Crippen molar-refractivity contribution in [3.8, 4) is 5.75 Å². The van der Waals surface area contributed by atoms with E-state index in [1.165, 1.54) is 10.5 Å². The van der Waals surface area contributed by atoms with Gasteiger partial charge >= 0.3 is 0 Å². The van der Waals surface area contributed by atoms with Gasteiger partial charge < -0.3 is 39.7 Å². The first-order chi connectivity index (χ1) is 34.6. The van der Waals surface area contributed by atoms with Crippen LogP contribution in [-0.2, 0) is 25.4 Å². The third-order valence-electron chi connectivity index (χ3n) is 15.1. The van der Waals surface area contributed by atoms with E-state index in [1.807, 2.05) is 30.1 Å². The van der Waals surface area contributed by atoms with Crippen molar-refractivity contribution in [3.63, 3.8) is 0 Å². The van der Waals surface area contributed by atoms with Gasteiger partial charge in [0.2, 0.25) is 23.7 Å². The third-order valence-corrected chi connectivity index (χ3v) is 17.2. The summed E-state index contributed by atoms with van der Waals surface area (Å²) in [6.45, 7) is 10.5. The number of aliphatic hydroxyl groups is 1. The van der Waals surface area contributed by atoms with Crippen LogP contribution in [0.5, 0.6) is 5.75 Å². The standard InChI is InChI=1S/C51H60BrN12O7P/c1-6-29-25-39(57-51-55-28-36(52)46(59-51)56-38-10-9-37-44(54-16-15-53-37)45(38)72(4,5)70)42(71-3)27-41(29)62-17-13-31(14-18-62)61-19-21-63(22-20-61)48(67)30-23-33(24-30)60(2)32-7-8-34-35(26-32)50(69)64(49(34)68)40-11-12-43(65)58-47(40)66/h7-10,15-16,25-28,30-31,33,40,50,69H,6,11-14,17-24H2,1-5H3,(H,58,65,66)(H2,55,56,57,59). The molecule has 10 rings (SSSR count). The zero-order chi connectivity index (χ0) is 50.6. The van der Waals surface area contributed by atoms with Gasteiger partial charge in [-0.2, -0.15) is 4.98 Å². The Morgan fingerprint density at radius 1 is 0.944 bits per heavy atom. The van der Waals surface area contributed by atoms with Gasteiger partial charge in [-0.25, -0.2) is 4.98 Å². The molecule has 0 bridgehead atoms. The quantitative estimate of drug-likeness (QED) is 0.0813. The van der Waals surface area contributed by atoms with Gasteiger partial charge in [0.05, 0.1) is 33.8 Å². The van der Waals surface area contributed by atoms with E-state index in [0.717, 1.165) is 75.3 Å². The van der Waals surface area contributed by atoms with Crippen LogP contribution in [0.2, 0.25) is 0 Å². The molecule has 2 aromatic heterocycles. The Bertz CT molecular complexity index is 3010. The number of rotatable bonds is 13. The van der Waals surface area contributed by atoms with Crippen LogP contribution in [0.4, 0.5) is 34.5 Å². The molecular formula is C51H60BrN12O7P. The molecule has 0 radical (unpaired) electrons. The molecule has 4 fully saturated rings. The van der Waals surface area contributed by atoms with Gasteiger partial charge in [0.1, 0.15) is 30.3 Å². The predicted octanol–water partition coefficient (Wildman–Crippen LogP) is 5.77. The Balaban J connectivity index is 0.715. The SMILES string of the molecule is CCc1cc(Nc2ncc(Br)c(Nc3ccc4nccnc4c3P(C)(C)=O)n2)c(OC)cc1N1CCC(N2CCN(C(=O)C3CC(N(C)c4ccc5c(c4)C(O)N(C4CCC(=O)NC4=O)C5=O)C3)CC2)CC1. The number of carbonyl (C=O) groups is 4. The van der Waals surface area contributed by atoms with Crippen molar-refractivity contribution < 1.29 is 33.6 Å². The molecule has 2 atom stereocenters. The van der Waals surface area contributed by atoms with Crippen molar-refractivity contribution in [2.45, 2.75) is 76.2 Å². The van der Waals surface area contributed by atoms with Gasteiger partial charge in [-0.1, -0.05) is 6.92 Å². The molecule has 72 heavy (non-hydrogen) atoms. The number of nitrogens with one attached hydrogen (secondary N) is 3. The average Bonchev–Trinajstić information content (AvgIpc) is 3.61. The van der Waals surface area contributed by atoms with E-state index in [2.05, 4.69) is 80.6 Å². The number of aromatic nitrogens is 4. The molecule has 0 spiro atoms. The number of carbonyl (C=O) groups excluding carboxylic acids is 4. The molecular weight excluding hydrogens is 1000 g/mol. The Morgan fingerprint density at radius 2 is 1.69 bits per heavy atom. The van der Waals surface area contributed by atoms with Crippen molar-refractivity contribution in [2.75, 3.05) is 87.2 Å². The van der Waals surface area contributed by atoms with Crippen molar-refractivity contribution in [3.05, 3.63) is 82.2 Å². The van der Waals surface area contributed by atoms with Crippen LogP contribution in [-0.4, -0.2) is 148 Å². The second-order valence-corrected chi connectivity index (χ2v) is 23.8. The third kappa shape index (κ3) is 9.49. The Labute approximate surface area is 426 Å². The number of nitrogens with zero attached hydrogens (tertiary/aromatic N) is 9. The molecule has 2 unspecified atom stereocenters. The fraction of sp³-hybridized carbons (Fsp3) is 0.451. The number of piperazine rings is 1. The van der Waals surface area contributed by atoms with Crippen molar-refractivity contribution in [1.82, 2.24) is 40.0 Å². The summed E-state index contributed by atoms with van der Waals surface area (Å²) in [4.78, 5) is 79.9. The Kier molecular flexibility index (Phi) is 13.7. The summed E-state index contributed by atoms with van der Waals surface area (Å²) in [6, 6.07) is 12.9. The molecule has 4 N–H and O–H groups in total. The van der Waals surface area contributed by atoms with Gasteiger partial charge in [0.15, 0.2) is 6.23 Å². The number of amides is 4. The number of imide groups is 1. The van der Waals surface area contributed by atoms with E-state index in [4.69, 9.17) is 9.72 Å². The number of methoxy groups -OCH3 is 1. The predicted molar refractivity (Wildman–Crippen MR) is 279 cm³/mol. The first-order valence-electron chi connectivity index (χ1n) is 24.7. The molecule has 378 valence electrons. The molecule has 4 amide bonds.